The predicted octanol–water partition coefficient (Wildman–Crippen LogP) is 0.384. The molecule has 0 N–H and O–H groups in total. The number of ether oxygens (including phenoxy) is 2. The fourth-order valence-electron chi connectivity index (χ4n) is 3.16. The highest BCUT2D eigenvalue weighted by Gasteiger charge is 2.44. The molecule has 0 bridgehead atoms. The smallest absolute Gasteiger partial charge is 0.250 e. The number of hydrogen-bond donors (Lipinski definition) is 0. The minimum atomic E-state index is -0.640. The van der Waals surface area contributed by atoms with E-state index in [9.17, 15) is 4.79 Å². The van der Waals surface area contributed by atoms with Crippen LogP contribution in [-0.2, 0) is 26.4 Å². The Morgan fingerprint density at radius 3 is 2.74 bits per heavy atom. The first-order valence-corrected chi connectivity index (χ1v) is 7.85. The Bertz CT molecular complexity index is 580. The van der Waals surface area contributed by atoms with E-state index in [1.807, 2.05) is 20.9 Å². The fourth-order valence-corrected chi connectivity index (χ4v) is 3.16. The zero-order valence-electron chi connectivity index (χ0n) is 14.2. The molecule has 0 aliphatic carbocycles. The molecule has 23 heavy (non-hydrogen) atoms. The zero-order valence-corrected chi connectivity index (χ0v) is 14.2. The molecular weight excluding hydrogens is 300 g/mol. The van der Waals surface area contributed by atoms with Gasteiger partial charge in [-0.2, -0.15) is 0 Å². The first-order valence-electron chi connectivity index (χ1n) is 7.85. The number of methoxy groups -OCH3 is 1. The normalized spacial score (nSPS) is 28.5. The summed E-state index contributed by atoms with van der Waals surface area (Å²) in [5.41, 5.74) is -1.23. The van der Waals surface area contributed by atoms with E-state index < -0.39 is 11.1 Å². The van der Waals surface area contributed by atoms with Crippen molar-refractivity contribution in [3.63, 3.8) is 0 Å². The Kier molecular flexibility index (Phi) is 4.16. The molecule has 0 spiro atoms. The summed E-state index contributed by atoms with van der Waals surface area (Å²) in [6.07, 6.45) is 0.698. The van der Waals surface area contributed by atoms with Gasteiger partial charge in [0.05, 0.1) is 25.3 Å². The number of likely N-dealkylation sites (N-methyl/N-ethyl adjacent to an activating group) is 1. The molecule has 1 atom stereocenters. The molecule has 0 radical (unpaired) electrons. The maximum absolute atomic E-state index is 12.3. The standard InChI is InChI=1S/C15H24N4O4/c1-14(2)13(20)18(3)6-7-19(14)9-11-16-17-12(23-11)15(21-4)5-8-22-10-15/h5-10H2,1-4H3. The summed E-state index contributed by atoms with van der Waals surface area (Å²) in [4.78, 5) is 16.2. The molecule has 0 aromatic carbocycles. The van der Waals surface area contributed by atoms with Gasteiger partial charge in [0, 0.05) is 33.7 Å². The van der Waals surface area contributed by atoms with Crippen molar-refractivity contribution in [1.82, 2.24) is 20.0 Å². The molecule has 3 rings (SSSR count). The molecule has 3 heterocycles. The van der Waals surface area contributed by atoms with Gasteiger partial charge in [0.25, 0.3) is 5.89 Å². The lowest BCUT2D eigenvalue weighted by Crippen LogP contribution is -2.61. The lowest BCUT2D eigenvalue weighted by atomic mass is 9.98. The number of carbonyl (C=O) groups is 1. The van der Waals surface area contributed by atoms with Crippen LogP contribution in [0.4, 0.5) is 0 Å². The number of piperazine rings is 1. The van der Waals surface area contributed by atoms with Gasteiger partial charge in [0.15, 0.2) is 5.60 Å². The van der Waals surface area contributed by atoms with Crippen LogP contribution in [0, 0.1) is 0 Å². The van der Waals surface area contributed by atoms with Crippen molar-refractivity contribution in [2.24, 2.45) is 0 Å². The number of rotatable bonds is 4. The molecule has 8 heteroatoms. The molecule has 2 fully saturated rings. The van der Waals surface area contributed by atoms with Gasteiger partial charge in [-0.15, -0.1) is 10.2 Å². The van der Waals surface area contributed by atoms with Gasteiger partial charge in [0.1, 0.15) is 0 Å². The fraction of sp³-hybridized carbons (Fsp3) is 0.800. The SMILES string of the molecule is COC1(c2nnc(CN3CCN(C)C(=O)C3(C)C)o2)CCOC1. The molecule has 0 saturated carbocycles. The van der Waals surface area contributed by atoms with Crippen molar-refractivity contribution in [2.45, 2.75) is 38.0 Å². The molecule has 2 aliphatic heterocycles. The molecule has 8 nitrogen and oxygen atoms in total. The predicted molar refractivity (Wildman–Crippen MR) is 80.5 cm³/mol. The highest BCUT2D eigenvalue weighted by atomic mass is 16.6. The van der Waals surface area contributed by atoms with Crippen LogP contribution in [0.25, 0.3) is 0 Å². The zero-order chi connectivity index (χ0) is 16.7. The van der Waals surface area contributed by atoms with E-state index in [0.29, 0.717) is 44.5 Å². The summed E-state index contributed by atoms with van der Waals surface area (Å²) in [7, 11) is 3.45. The summed E-state index contributed by atoms with van der Waals surface area (Å²) in [5.74, 6) is 1.04. The van der Waals surface area contributed by atoms with E-state index in [0.717, 1.165) is 6.54 Å². The van der Waals surface area contributed by atoms with Gasteiger partial charge in [-0.1, -0.05) is 0 Å². The van der Waals surface area contributed by atoms with Crippen LogP contribution in [0.2, 0.25) is 0 Å². The van der Waals surface area contributed by atoms with Crippen LogP contribution < -0.4 is 0 Å². The summed E-state index contributed by atoms with van der Waals surface area (Å²) < 4.78 is 16.8. The van der Waals surface area contributed by atoms with Crippen LogP contribution in [0.15, 0.2) is 4.42 Å². The number of carbonyl (C=O) groups excluding carboxylic acids is 1. The number of hydrogen-bond acceptors (Lipinski definition) is 7. The molecule has 2 saturated heterocycles. The van der Waals surface area contributed by atoms with Crippen molar-refractivity contribution < 1.29 is 18.7 Å². The highest BCUT2D eigenvalue weighted by Crippen LogP contribution is 2.33. The van der Waals surface area contributed by atoms with Crippen molar-refractivity contribution >= 4 is 5.91 Å². The molecule has 128 valence electrons. The van der Waals surface area contributed by atoms with Crippen molar-refractivity contribution in [3.05, 3.63) is 11.8 Å². The summed E-state index contributed by atoms with van der Waals surface area (Å²) in [5, 5.41) is 8.28. The maximum Gasteiger partial charge on any atom is 0.250 e. The monoisotopic (exact) mass is 324 g/mol. The Morgan fingerprint density at radius 1 is 1.30 bits per heavy atom. The minimum absolute atomic E-state index is 0.0982. The third-order valence-corrected chi connectivity index (χ3v) is 4.92. The van der Waals surface area contributed by atoms with Gasteiger partial charge >= 0.3 is 0 Å². The largest absolute Gasteiger partial charge is 0.421 e. The first kappa shape index (κ1) is 16.4. The van der Waals surface area contributed by atoms with Crippen LogP contribution in [0.5, 0.6) is 0 Å². The van der Waals surface area contributed by atoms with Gasteiger partial charge in [-0.3, -0.25) is 9.69 Å². The second kappa shape index (κ2) is 5.85. The van der Waals surface area contributed by atoms with E-state index in [4.69, 9.17) is 13.9 Å². The second-order valence-corrected chi connectivity index (χ2v) is 6.71. The number of aromatic nitrogens is 2. The van der Waals surface area contributed by atoms with Gasteiger partial charge in [-0.25, -0.2) is 0 Å². The third kappa shape index (κ3) is 2.75. The van der Waals surface area contributed by atoms with E-state index in [-0.39, 0.29) is 5.91 Å². The molecule has 1 aromatic heterocycles. The topological polar surface area (TPSA) is 80.9 Å². The van der Waals surface area contributed by atoms with Crippen molar-refractivity contribution in [3.8, 4) is 0 Å². The van der Waals surface area contributed by atoms with Gasteiger partial charge < -0.3 is 18.8 Å². The average molecular weight is 324 g/mol. The highest BCUT2D eigenvalue weighted by molar-refractivity contribution is 5.86. The number of amides is 1. The van der Waals surface area contributed by atoms with Gasteiger partial charge in [-0.05, 0) is 13.8 Å². The van der Waals surface area contributed by atoms with Crippen molar-refractivity contribution in [2.75, 3.05) is 40.5 Å². The van der Waals surface area contributed by atoms with Crippen LogP contribution in [0.1, 0.15) is 32.0 Å². The Balaban J connectivity index is 1.75. The van der Waals surface area contributed by atoms with E-state index in [2.05, 4.69) is 15.1 Å². The first-order chi connectivity index (χ1) is 10.9. The van der Waals surface area contributed by atoms with Gasteiger partial charge in [0.2, 0.25) is 11.8 Å². The van der Waals surface area contributed by atoms with Crippen molar-refractivity contribution in [1.29, 1.82) is 0 Å². The van der Waals surface area contributed by atoms with Crippen LogP contribution in [-0.4, -0.2) is 71.9 Å². The second-order valence-electron chi connectivity index (χ2n) is 6.71. The Morgan fingerprint density at radius 2 is 2.09 bits per heavy atom. The summed E-state index contributed by atoms with van der Waals surface area (Å²) >= 11 is 0. The minimum Gasteiger partial charge on any atom is -0.421 e. The quantitative estimate of drug-likeness (QED) is 0.792. The molecule has 1 unspecified atom stereocenters. The molecular formula is C15H24N4O4. The third-order valence-electron chi connectivity index (χ3n) is 4.92. The Labute approximate surface area is 135 Å². The van der Waals surface area contributed by atoms with E-state index >= 15 is 0 Å². The van der Waals surface area contributed by atoms with Crippen LogP contribution >= 0.6 is 0 Å². The average Bonchev–Trinajstić information content (AvgIpc) is 3.18. The van der Waals surface area contributed by atoms with E-state index in [1.54, 1.807) is 12.0 Å². The number of nitrogens with zero attached hydrogens (tertiary/aromatic N) is 4. The molecule has 2 aliphatic rings. The molecule has 1 amide bonds. The lowest BCUT2D eigenvalue weighted by molar-refractivity contribution is -0.147. The summed E-state index contributed by atoms with van der Waals surface area (Å²) in [6, 6.07) is 0. The molecule has 1 aromatic rings. The van der Waals surface area contributed by atoms with E-state index in [1.165, 1.54) is 0 Å². The maximum atomic E-state index is 12.3. The van der Waals surface area contributed by atoms with Crippen LogP contribution in [0.3, 0.4) is 0 Å². The summed E-state index contributed by atoms with van der Waals surface area (Å²) in [6.45, 7) is 6.79. The lowest BCUT2D eigenvalue weighted by Gasteiger charge is -2.44. The Hall–Kier alpha value is -1.51.